The fourth-order valence-electron chi connectivity index (χ4n) is 3.50. The Kier molecular flexibility index (Phi) is 1.26. The van der Waals surface area contributed by atoms with Crippen molar-refractivity contribution in [1.82, 2.24) is 0 Å². The highest BCUT2D eigenvalue weighted by Crippen LogP contribution is 2.52. The second kappa shape index (κ2) is 2.08. The summed E-state index contributed by atoms with van der Waals surface area (Å²) in [5.74, 6) is 0. The zero-order valence-electron chi connectivity index (χ0n) is 9.57. The van der Waals surface area contributed by atoms with E-state index in [1.54, 1.807) is 22.3 Å². The molecule has 0 aliphatic heterocycles. The highest BCUT2D eigenvalue weighted by atomic mass is 14.5. The van der Waals surface area contributed by atoms with Crippen molar-refractivity contribution in [2.45, 2.75) is 51.4 Å². The van der Waals surface area contributed by atoms with Gasteiger partial charge in [0, 0.05) is 0 Å². The number of rotatable bonds is 0. The Balaban J connectivity index is 2.34. The molecule has 0 saturated carbocycles. The van der Waals surface area contributed by atoms with E-state index in [0.29, 0.717) is 10.8 Å². The average Bonchev–Trinajstić information content (AvgIpc) is 2.29. The van der Waals surface area contributed by atoms with Gasteiger partial charge in [0.25, 0.3) is 0 Å². The van der Waals surface area contributed by atoms with E-state index >= 15 is 0 Å². The van der Waals surface area contributed by atoms with Crippen LogP contribution in [0.1, 0.15) is 49.9 Å². The molecule has 2 aliphatic carbocycles. The first-order valence-corrected chi connectivity index (χ1v) is 5.57. The largest absolute Gasteiger partial charge is 0.0584 e. The first kappa shape index (κ1) is 8.52. The van der Waals surface area contributed by atoms with Crippen LogP contribution in [0.3, 0.4) is 0 Å². The van der Waals surface area contributed by atoms with Crippen LogP contribution in [0.25, 0.3) is 0 Å². The summed E-state index contributed by atoms with van der Waals surface area (Å²) in [6, 6.07) is 4.73. The van der Waals surface area contributed by atoms with Gasteiger partial charge in [-0.25, -0.2) is 0 Å². The molecule has 4 bridgehead atoms. The lowest BCUT2D eigenvalue weighted by molar-refractivity contribution is 0.510. The van der Waals surface area contributed by atoms with Crippen molar-refractivity contribution >= 4 is 0 Å². The molecular formula is C14H18. The Morgan fingerprint density at radius 2 is 1.64 bits per heavy atom. The molecule has 0 fully saturated rings. The molecule has 0 saturated heterocycles. The van der Waals surface area contributed by atoms with Crippen LogP contribution in [-0.2, 0) is 23.7 Å². The minimum Gasteiger partial charge on any atom is -0.0584 e. The van der Waals surface area contributed by atoms with E-state index in [2.05, 4.69) is 39.8 Å². The molecule has 0 radical (unpaired) electrons. The van der Waals surface area contributed by atoms with E-state index in [1.807, 2.05) is 0 Å². The van der Waals surface area contributed by atoms with Gasteiger partial charge in [-0.2, -0.15) is 0 Å². The van der Waals surface area contributed by atoms with Crippen LogP contribution in [0.2, 0.25) is 0 Å². The van der Waals surface area contributed by atoms with Gasteiger partial charge in [0.05, 0.1) is 0 Å². The normalized spacial score (nSPS) is 24.3. The molecular weight excluding hydrogens is 168 g/mol. The maximum Gasteiger partial charge on any atom is -0.00573 e. The van der Waals surface area contributed by atoms with Gasteiger partial charge in [-0.15, -0.1) is 0 Å². The van der Waals surface area contributed by atoms with Crippen molar-refractivity contribution in [3.05, 3.63) is 34.4 Å². The number of benzene rings is 1. The second-order valence-corrected chi connectivity index (χ2v) is 6.25. The molecule has 0 spiro atoms. The Labute approximate surface area is 86.3 Å². The molecule has 0 aromatic heterocycles. The Morgan fingerprint density at radius 3 is 2.29 bits per heavy atom. The average molecular weight is 186 g/mol. The minimum atomic E-state index is 0.389. The molecule has 2 aliphatic rings. The van der Waals surface area contributed by atoms with E-state index in [4.69, 9.17) is 0 Å². The van der Waals surface area contributed by atoms with Crippen molar-refractivity contribution in [1.29, 1.82) is 0 Å². The van der Waals surface area contributed by atoms with Crippen LogP contribution in [0.4, 0.5) is 0 Å². The molecule has 1 aromatic rings. The van der Waals surface area contributed by atoms with E-state index < -0.39 is 0 Å². The molecule has 14 heavy (non-hydrogen) atoms. The van der Waals surface area contributed by atoms with Crippen molar-refractivity contribution < 1.29 is 0 Å². The molecule has 74 valence electrons. The minimum absolute atomic E-state index is 0.389. The SMILES string of the molecule is CC1(C)Cc2c3ccc1c2C(C)(C)C3. The molecule has 0 amide bonds. The van der Waals surface area contributed by atoms with Crippen molar-refractivity contribution in [3.63, 3.8) is 0 Å². The smallest absolute Gasteiger partial charge is 0.00573 e. The Morgan fingerprint density at radius 1 is 0.929 bits per heavy atom. The summed E-state index contributed by atoms with van der Waals surface area (Å²) in [5.41, 5.74) is 7.37. The molecule has 0 N–H and O–H groups in total. The summed E-state index contributed by atoms with van der Waals surface area (Å²) < 4.78 is 0. The van der Waals surface area contributed by atoms with Gasteiger partial charge in [-0.1, -0.05) is 39.8 Å². The van der Waals surface area contributed by atoms with Crippen LogP contribution in [-0.4, -0.2) is 0 Å². The third-order valence-corrected chi connectivity index (χ3v) is 4.07. The van der Waals surface area contributed by atoms with Crippen LogP contribution in [0.15, 0.2) is 12.1 Å². The third-order valence-electron chi connectivity index (χ3n) is 4.07. The van der Waals surface area contributed by atoms with Crippen LogP contribution >= 0.6 is 0 Å². The van der Waals surface area contributed by atoms with Crippen LogP contribution < -0.4 is 0 Å². The van der Waals surface area contributed by atoms with E-state index in [1.165, 1.54) is 12.8 Å². The monoisotopic (exact) mass is 186 g/mol. The van der Waals surface area contributed by atoms with E-state index in [-0.39, 0.29) is 0 Å². The first-order valence-electron chi connectivity index (χ1n) is 5.57. The molecule has 0 nitrogen and oxygen atoms in total. The summed E-state index contributed by atoms with van der Waals surface area (Å²) >= 11 is 0. The Hall–Kier alpha value is -0.780. The van der Waals surface area contributed by atoms with E-state index in [0.717, 1.165) is 0 Å². The Bertz CT molecular complexity index is 422. The van der Waals surface area contributed by atoms with Gasteiger partial charge in [-0.3, -0.25) is 0 Å². The molecule has 1 aromatic carbocycles. The van der Waals surface area contributed by atoms with E-state index in [9.17, 15) is 0 Å². The van der Waals surface area contributed by atoms with Gasteiger partial charge >= 0.3 is 0 Å². The molecule has 0 unspecified atom stereocenters. The standard InChI is InChI=1S/C14H18/c1-13(2)8-10-9-5-6-11(13)12(10)14(3,4)7-9/h5-6H,7-8H2,1-4H3. The highest BCUT2D eigenvalue weighted by Gasteiger charge is 2.44. The van der Waals surface area contributed by atoms with Crippen molar-refractivity contribution in [2.75, 3.05) is 0 Å². The number of hydrogen-bond donors (Lipinski definition) is 0. The number of hydrogen-bond acceptors (Lipinski definition) is 0. The van der Waals surface area contributed by atoms with Gasteiger partial charge in [0.15, 0.2) is 0 Å². The van der Waals surface area contributed by atoms with Gasteiger partial charge in [0.2, 0.25) is 0 Å². The highest BCUT2D eigenvalue weighted by molar-refractivity contribution is 5.59. The van der Waals surface area contributed by atoms with Gasteiger partial charge in [-0.05, 0) is 45.9 Å². The van der Waals surface area contributed by atoms with Crippen LogP contribution in [0, 0.1) is 0 Å². The topological polar surface area (TPSA) is 0 Å². The summed E-state index contributed by atoms with van der Waals surface area (Å²) in [6.45, 7) is 9.54. The second-order valence-electron chi connectivity index (χ2n) is 6.25. The summed E-state index contributed by atoms with van der Waals surface area (Å²) in [7, 11) is 0. The fraction of sp³-hybridized carbons (Fsp3) is 0.571. The molecule has 0 atom stereocenters. The maximum atomic E-state index is 2.39. The van der Waals surface area contributed by atoms with Gasteiger partial charge < -0.3 is 0 Å². The maximum absolute atomic E-state index is 2.39. The predicted molar refractivity (Wildman–Crippen MR) is 59.9 cm³/mol. The quantitative estimate of drug-likeness (QED) is 0.583. The van der Waals surface area contributed by atoms with Crippen LogP contribution in [0.5, 0.6) is 0 Å². The lowest BCUT2D eigenvalue weighted by atomic mass is 9.80. The lowest BCUT2D eigenvalue weighted by Crippen LogP contribution is -2.20. The molecule has 0 heterocycles. The van der Waals surface area contributed by atoms with Crippen molar-refractivity contribution in [3.8, 4) is 0 Å². The molecule has 0 heteroatoms. The third kappa shape index (κ3) is 0.802. The van der Waals surface area contributed by atoms with Gasteiger partial charge in [0.1, 0.15) is 0 Å². The fourth-order valence-corrected chi connectivity index (χ4v) is 3.50. The summed E-state index contributed by atoms with van der Waals surface area (Å²) in [6.07, 6.45) is 2.52. The summed E-state index contributed by atoms with van der Waals surface area (Å²) in [4.78, 5) is 0. The predicted octanol–water partition coefficient (Wildman–Crippen LogP) is 3.35. The lowest BCUT2D eigenvalue weighted by Gasteiger charge is -2.24. The zero-order chi connectivity index (χ0) is 10.1. The molecule has 3 rings (SSSR count). The van der Waals surface area contributed by atoms with Crippen molar-refractivity contribution in [2.24, 2.45) is 0 Å². The summed E-state index contributed by atoms with van der Waals surface area (Å²) in [5, 5.41) is 0. The first-order chi connectivity index (χ1) is 6.42. The zero-order valence-corrected chi connectivity index (χ0v) is 9.57.